The Balaban J connectivity index is 1.95. The maximum absolute atomic E-state index is 11.6. The van der Waals surface area contributed by atoms with E-state index >= 15 is 0 Å². The van der Waals surface area contributed by atoms with Crippen molar-refractivity contribution in [3.8, 4) is 5.75 Å². The number of nitrogens with one attached hydrogen (secondary N) is 1. The van der Waals surface area contributed by atoms with E-state index in [1.807, 2.05) is 0 Å². The fourth-order valence-electron chi connectivity index (χ4n) is 2.54. The number of carbonyl (C=O) groups is 2. The number of nitro groups is 1. The number of carbonyl (C=O) groups excluding carboxylic acids is 2. The molecule has 1 amide bonds. The lowest BCUT2D eigenvalue weighted by atomic mass is 9.97. The standard InChI is InChI=1S/C15H19N3O6/c16-15(20)12(14-8-17-4-6-24-14)3-5-23-11-1-2-13(18(21)22)10(7-11)9-19/h1-2,7,9,12,14,17H,3-6,8H2,(H2,16,20). The topological polar surface area (TPSA) is 134 Å². The van der Waals surface area contributed by atoms with E-state index in [0.717, 1.165) is 6.54 Å². The predicted octanol–water partition coefficient (Wildman–Crippen LogP) is 0.266. The summed E-state index contributed by atoms with van der Waals surface area (Å²) >= 11 is 0. The van der Waals surface area contributed by atoms with Gasteiger partial charge in [0.1, 0.15) is 5.75 Å². The number of nitro benzene ring substituents is 1. The number of amides is 1. The molecule has 24 heavy (non-hydrogen) atoms. The van der Waals surface area contributed by atoms with E-state index < -0.39 is 16.7 Å². The fourth-order valence-corrected chi connectivity index (χ4v) is 2.54. The number of primary amides is 1. The lowest BCUT2D eigenvalue weighted by Gasteiger charge is -2.29. The summed E-state index contributed by atoms with van der Waals surface area (Å²) in [6.07, 6.45) is 0.440. The number of ether oxygens (including phenoxy) is 2. The minimum absolute atomic E-state index is 0.0660. The molecule has 2 rings (SSSR count). The van der Waals surface area contributed by atoms with Gasteiger partial charge in [-0.1, -0.05) is 0 Å². The third-order valence-electron chi connectivity index (χ3n) is 3.79. The Morgan fingerprint density at radius 2 is 2.38 bits per heavy atom. The summed E-state index contributed by atoms with van der Waals surface area (Å²) < 4.78 is 11.0. The molecule has 130 valence electrons. The third kappa shape index (κ3) is 4.49. The zero-order valence-electron chi connectivity index (χ0n) is 13.0. The molecule has 9 heteroatoms. The van der Waals surface area contributed by atoms with Gasteiger partial charge < -0.3 is 20.5 Å². The van der Waals surface area contributed by atoms with Gasteiger partial charge in [0.2, 0.25) is 5.91 Å². The molecule has 0 aromatic heterocycles. The van der Waals surface area contributed by atoms with Crippen LogP contribution in [0, 0.1) is 16.0 Å². The Hall–Kier alpha value is -2.52. The summed E-state index contributed by atoms with van der Waals surface area (Å²) in [6.45, 7) is 1.96. The predicted molar refractivity (Wildman–Crippen MR) is 83.9 cm³/mol. The van der Waals surface area contributed by atoms with E-state index in [2.05, 4.69) is 5.32 Å². The van der Waals surface area contributed by atoms with Gasteiger partial charge in [-0.2, -0.15) is 0 Å². The van der Waals surface area contributed by atoms with Crippen molar-refractivity contribution in [2.24, 2.45) is 11.7 Å². The first kappa shape index (κ1) is 17.8. The van der Waals surface area contributed by atoms with Gasteiger partial charge in [-0.15, -0.1) is 0 Å². The molecule has 0 radical (unpaired) electrons. The van der Waals surface area contributed by atoms with Gasteiger partial charge in [0.15, 0.2) is 6.29 Å². The van der Waals surface area contributed by atoms with Crippen molar-refractivity contribution in [1.29, 1.82) is 0 Å². The Kier molecular flexibility index (Phi) is 6.21. The number of nitrogens with two attached hydrogens (primary N) is 1. The van der Waals surface area contributed by atoms with Gasteiger partial charge in [0, 0.05) is 19.2 Å². The SMILES string of the molecule is NC(=O)C(CCOc1ccc([N+](=O)[O-])c(C=O)c1)C1CNCCO1. The van der Waals surface area contributed by atoms with Gasteiger partial charge in [0.25, 0.3) is 5.69 Å². The third-order valence-corrected chi connectivity index (χ3v) is 3.79. The smallest absolute Gasteiger partial charge is 0.280 e. The molecular weight excluding hydrogens is 318 g/mol. The summed E-state index contributed by atoms with van der Waals surface area (Å²) in [5.74, 6) is -0.653. The van der Waals surface area contributed by atoms with Crippen LogP contribution in [0.5, 0.6) is 5.75 Å². The van der Waals surface area contributed by atoms with Gasteiger partial charge >= 0.3 is 0 Å². The van der Waals surface area contributed by atoms with Crippen LogP contribution in [0.2, 0.25) is 0 Å². The zero-order valence-corrected chi connectivity index (χ0v) is 13.0. The van der Waals surface area contributed by atoms with Crippen molar-refractivity contribution in [3.05, 3.63) is 33.9 Å². The molecule has 0 bridgehead atoms. The molecule has 0 saturated carbocycles. The van der Waals surface area contributed by atoms with Gasteiger partial charge in [-0.25, -0.2) is 0 Å². The quantitative estimate of drug-likeness (QED) is 0.395. The molecule has 1 heterocycles. The van der Waals surface area contributed by atoms with Crippen molar-refractivity contribution < 1.29 is 24.0 Å². The second kappa shape index (κ2) is 8.37. The first-order valence-electron chi connectivity index (χ1n) is 7.51. The van der Waals surface area contributed by atoms with Crippen molar-refractivity contribution in [2.45, 2.75) is 12.5 Å². The molecule has 0 aliphatic carbocycles. The zero-order chi connectivity index (χ0) is 17.5. The van der Waals surface area contributed by atoms with Crippen LogP contribution in [0.1, 0.15) is 16.8 Å². The average molecular weight is 337 g/mol. The maximum atomic E-state index is 11.6. The first-order valence-corrected chi connectivity index (χ1v) is 7.51. The molecule has 2 atom stereocenters. The van der Waals surface area contributed by atoms with Crippen LogP contribution >= 0.6 is 0 Å². The van der Waals surface area contributed by atoms with E-state index in [4.69, 9.17) is 15.2 Å². The number of hydrogen-bond donors (Lipinski definition) is 2. The second-order valence-corrected chi connectivity index (χ2v) is 5.35. The van der Waals surface area contributed by atoms with Crippen molar-refractivity contribution >= 4 is 17.9 Å². The highest BCUT2D eigenvalue weighted by atomic mass is 16.6. The van der Waals surface area contributed by atoms with Crippen LogP contribution in [-0.2, 0) is 9.53 Å². The van der Waals surface area contributed by atoms with Gasteiger partial charge in [-0.05, 0) is 18.6 Å². The van der Waals surface area contributed by atoms with Crippen molar-refractivity contribution in [1.82, 2.24) is 5.32 Å². The Morgan fingerprint density at radius 1 is 1.58 bits per heavy atom. The number of benzene rings is 1. The van der Waals surface area contributed by atoms with Crippen LogP contribution in [0.15, 0.2) is 18.2 Å². The summed E-state index contributed by atoms with van der Waals surface area (Å²) in [7, 11) is 0. The van der Waals surface area contributed by atoms with Crippen LogP contribution in [0.3, 0.4) is 0 Å². The number of nitrogens with zero attached hydrogens (tertiary/aromatic N) is 1. The van der Waals surface area contributed by atoms with E-state index in [1.165, 1.54) is 18.2 Å². The Labute approximate surface area is 138 Å². The molecule has 9 nitrogen and oxygen atoms in total. The first-order chi connectivity index (χ1) is 11.5. The number of aldehydes is 1. The molecule has 0 spiro atoms. The van der Waals surface area contributed by atoms with E-state index in [-0.39, 0.29) is 24.0 Å². The highest BCUT2D eigenvalue weighted by molar-refractivity contribution is 5.82. The highest BCUT2D eigenvalue weighted by Crippen LogP contribution is 2.23. The molecule has 1 aromatic rings. The van der Waals surface area contributed by atoms with Gasteiger partial charge in [-0.3, -0.25) is 19.7 Å². The van der Waals surface area contributed by atoms with Crippen LogP contribution < -0.4 is 15.8 Å². The monoisotopic (exact) mass is 337 g/mol. The fraction of sp³-hybridized carbons (Fsp3) is 0.467. The van der Waals surface area contributed by atoms with E-state index in [9.17, 15) is 19.7 Å². The van der Waals surface area contributed by atoms with Crippen LogP contribution in [0.4, 0.5) is 5.69 Å². The average Bonchev–Trinajstić information content (AvgIpc) is 2.58. The van der Waals surface area contributed by atoms with Crippen molar-refractivity contribution in [2.75, 3.05) is 26.3 Å². The maximum Gasteiger partial charge on any atom is 0.280 e. The summed E-state index contributed by atoms with van der Waals surface area (Å²) in [5, 5.41) is 13.9. The molecule has 1 aliphatic rings. The van der Waals surface area contributed by atoms with E-state index in [1.54, 1.807) is 0 Å². The molecule has 1 aromatic carbocycles. The van der Waals surface area contributed by atoms with Crippen molar-refractivity contribution in [3.63, 3.8) is 0 Å². The lowest BCUT2D eigenvalue weighted by Crippen LogP contribution is -2.47. The minimum atomic E-state index is -0.635. The summed E-state index contributed by atoms with van der Waals surface area (Å²) in [6, 6.07) is 3.91. The number of rotatable bonds is 8. The molecule has 1 fully saturated rings. The molecule has 3 N–H and O–H groups in total. The van der Waals surface area contributed by atoms with Crippen LogP contribution in [-0.4, -0.2) is 49.5 Å². The minimum Gasteiger partial charge on any atom is -0.494 e. The number of hydrogen-bond acceptors (Lipinski definition) is 7. The van der Waals surface area contributed by atoms with Gasteiger partial charge in [0.05, 0.1) is 35.7 Å². The highest BCUT2D eigenvalue weighted by Gasteiger charge is 2.28. The second-order valence-electron chi connectivity index (χ2n) is 5.35. The lowest BCUT2D eigenvalue weighted by molar-refractivity contribution is -0.385. The summed E-state index contributed by atoms with van der Waals surface area (Å²) in [4.78, 5) is 32.7. The van der Waals surface area contributed by atoms with Crippen LogP contribution in [0.25, 0.3) is 0 Å². The molecule has 2 unspecified atom stereocenters. The molecular formula is C15H19N3O6. The van der Waals surface area contributed by atoms with E-state index in [0.29, 0.717) is 31.6 Å². The Morgan fingerprint density at radius 3 is 2.96 bits per heavy atom. The largest absolute Gasteiger partial charge is 0.494 e. The Bertz CT molecular complexity index is 615. The molecule has 1 saturated heterocycles. The summed E-state index contributed by atoms with van der Waals surface area (Å²) in [5.41, 5.74) is 5.07. The molecule has 1 aliphatic heterocycles. The number of morpholine rings is 1. The normalized spacial score (nSPS) is 18.6.